The summed E-state index contributed by atoms with van der Waals surface area (Å²) in [6.45, 7) is 5.86. The maximum absolute atomic E-state index is 12.9. The van der Waals surface area contributed by atoms with Gasteiger partial charge in [-0.1, -0.05) is 12.8 Å². The molecular weight excluding hydrogens is 378 g/mol. The van der Waals surface area contributed by atoms with Crippen LogP contribution in [0, 0.1) is 0 Å². The molecule has 0 aliphatic carbocycles. The minimum absolute atomic E-state index is 0.121. The van der Waals surface area contributed by atoms with Gasteiger partial charge in [0.2, 0.25) is 10.0 Å². The molecule has 8 heteroatoms. The molecule has 2 heterocycles. The fourth-order valence-electron chi connectivity index (χ4n) is 4.08. The monoisotopic (exact) mass is 410 g/mol. The first-order valence-electron chi connectivity index (χ1n) is 10.2. The van der Waals surface area contributed by atoms with Crippen molar-refractivity contribution in [2.24, 2.45) is 0 Å². The van der Waals surface area contributed by atoms with Gasteiger partial charge in [0.1, 0.15) is 5.75 Å². The number of benzene rings is 1. The summed E-state index contributed by atoms with van der Waals surface area (Å²) in [5.41, 5.74) is 0. The topological polar surface area (TPSA) is 71.4 Å². The largest absolute Gasteiger partial charge is 0.497 e. The minimum Gasteiger partial charge on any atom is -0.497 e. The number of amides is 1. The molecule has 3 rings (SSSR count). The predicted octanol–water partition coefficient (Wildman–Crippen LogP) is 0.376. The SMILES string of the molecule is COc1ccc(S(=O)(=O)N2CC[NH+]([C@@H](C)C(=O)N3CCCCCC3)CC2)cc1. The van der Waals surface area contributed by atoms with E-state index in [0.717, 1.165) is 25.9 Å². The summed E-state index contributed by atoms with van der Waals surface area (Å²) in [5.74, 6) is 0.845. The first-order valence-corrected chi connectivity index (χ1v) is 11.6. The van der Waals surface area contributed by atoms with Crippen molar-refractivity contribution < 1.29 is 22.8 Å². The summed E-state index contributed by atoms with van der Waals surface area (Å²) in [6, 6.07) is 6.37. The van der Waals surface area contributed by atoms with Gasteiger partial charge in [0, 0.05) is 13.1 Å². The van der Waals surface area contributed by atoms with E-state index < -0.39 is 10.0 Å². The van der Waals surface area contributed by atoms with Gasteiger partial charge in [-0.25, -0.2) is 8.42 Å². The highest BCUT2D eigenvalue weighted by molar-refractivity contribution is 7.89. The van der Waals surface area contributed by atoms with Crippen molar-refractivity contribution >= 4 is 15.9 Å². The quantitative estimate of drug-likeness (QED) is 0.762. The van der Waals surface area contributed by atoms with Gasteiger partial charge >= 0.3 is 0 Å². The predicted molar refractivity (Wildman–Crippen MR) is 107 cm³/mol. The van der Waals surface area contributed by atoms with E-state index in [4.69, 9.17) is 4.74 Å². The number of nitrogens with zero attached hydrogens (tertiary/aromatic N) is 2. The molecule has 1 atom stereocenters. The first kappa shape index (κ1) is 21.1. The van der Waals surface area contributed by atoms with E-state index in [1.54, 1.807) is 31.4 Å². The maximum atomic E-state index is 12.9. The maximum Gasteiger partial charge on any atom is 0.280 e. The zero-order valence-electron chi connectivity index (χ0n) is 16.9. The van der Waals surface area contributed by atoms with E-state index in [9.17, 15) is 13.2 Å². The van der Waals surface area contributed by atoms with Crippen molar-refractivity contribution in [3.63, 3.8) is 0 Å². The molecule has 0 bridgehead atoms. The molecule has 0 radical (unpaired) electrons. The zero-order valence-corrected chi connectivity index (χ0v) is 17.7. The summed E-state index contributed by atoms with van der Waals surface area (Å²) in [5, 5.41) is 0. The van der Waals surface area contributed by atoms with Gasteiger partial charge < -0.3 is 14.5 Å². The number of rotatable bonds is 5. The normalized spacial score (nSPS) is 21.1. The van der Waals surface area contributed by atoms with E-state index >= 15 is 0 Å². The van der Waals surface area contributed by atoms with Crippen LogP contribution in [0.15, 0.2) is 29.2 Å². The van der Waals surface area contributed by atoms with Crippen LogP contribution in [0.25, 0.3) is 0 Å². The van der Waals surface area contributed by atoms with Crippen molar-refractivity contribution in [2.45, 2.75) is 43.5 Å². The fourth-order valence-corrected chi connectivity index (χ4v) is 5.52. The molecule has 2 aliphatic rings. The Morgan fingerprint density at radius 3 is 2.11 bits per heavy atom. The number of quaternary nitrogens is 1. The Bertz CT molecular complexity index is 750. The summed E-state index contributed by atoms with van der Waals surface area (Å²) < 4.78 is 32.4. The van der Waals surface area contributed by atoms with Gasteiger partial charge in [0.25, 0.3) is 5.91 Å². The van der Waals surface area contributed by atoms with Crippen LogP contribution in [0.1, 0.15) is 32.6 Å². The third-order valence-corrected chi connectivity index (χ3v) is 7.88. The summed E-state index contributed by atoms with van der Waals surface area (Å²) in [7, 11) is -1.96. The van der Waals surface area contributed by atoms with Gasteiger partial charge in [-0.2, -0.15) is 4.31 Å². The fraction of sp³-hybridized carbons (Fsp3) is 0.650. The number of ether oxygens (including phenoxy) is 1. The van der Waals surface area contributed by atoms with Gasteiger partial charge in [-0.15, -0.1) is 0 Å². The lowest BCUT2D eigenvalue weighted by molar-refractivity contribution is -0.918. The van der Waals surface area contributed by atoms with Crippen molar-refractivity contribution in [1.29, 1.82) is 0 Å². The van der Waals surface area contributed by atoms with Crippen LogP contribution in [-0.2, 0) is 14.8 Å². The molecule has 1 N–H and O–H groups in total. The van der Waals surface area contributed by atoms with Crippen molar-refractivity contribution in [1.82, 2.24) is 9.21 Å². The lowest BCUT2D eigenvalue weighted by atomic mass is 10.2. The molecule has 156 valence electrons. The van der Waals surface area contributed by atoms with Gasteiger partial charge in [0.05, 0.1) is 38.2 Å². The highest BCUT2D eigenvalue weighted by Crippen LogP contribution is 2.19. The van der Waals surface area contributed by atoms with Crippen molar-refractivity contribution in [2.75, 3.05) is 46.4 Å². The Morgan fingerprint density at radius 1 is 1.00 bits per heavy atom. The van der Waals surface area contributed by atoms with E-state index in [1.165, 1.54) is 22.0 Å². The van der Waals surface area contributed by atoms with E-state index in [0.29, 0.717) is 31.9 Å². The Morgan fingerprint density at radius 2 is 1.57 bits per heavy atom. The molecule has 0 unspecified atom stereocenters. The number of nitrogens with one attached hydrogen (secondary N) is 1. The molecular formula is C20H32N3O4S+. The molecule has 7 nitrogen and oxygen atoms in total. The molecule has 1 aromatic rings. The number of likely N-dealkylation sites (tertiary alicyclic amines) is 1. The lowest BCUT2D eigenvalue weighted by Crippen LogP contribution is -3.19. The number of sulfonamides is 1. The molecule has 1 amide bonds. The highest BCUT2D eigenvalue weighted by Gasteiger charge is 2.36. The summed E-state index contributed by atoms with van der Waals surface area (Å²) >= 11 is 0. The summed E-state index contributed by atoms with van der Waals surface area (Å²) in [6.07, 6.45) is 4.57. The molecule has 1 aromatic carbocycles. The van der Waals surface area contributed by atoms with E-state index in [2.05, 4.69) is 0 Å². The molecule has 2 fully saturated rings. The number of hydrogen-bond donors (Lipinski definition) is 1. The molecule has 2 saturated heterocycles. The number of piperazine rings is 1. The molecule has 0 spiro atoms. The smallest absolute Gasteiger partial charge is 0.280 e. The first-order chi connectivity index (χ1) is 13.4. The third-order valence-electron chi connectivity index (χ3n) is 5.96. The van der Waals surface area contributed by atoms with Crippen molar-refractivity contribution in [3.05, 3.63) is 24.3 Å². The number of hydrogen-bond acceptors (Lipinski definition) is 4. The number of carbonyl (C=O) groups is 1. The average molecular weight is 411 g/mol. The Labute approximate surface area is 168 Å². The molecule has 2 aliphatic heterocycles. The van der Waals surface area contributed by atoms with Gasteiger partial charge in [-0.3, -0.25) is 4.79 Å². The van der Waals surface area contributed by atoms with Crippen LogP contribution in [0.5, 0.6) is 5.75 Å². The Hall–Kier alpha value is -1.64. The number of methoxy groups -OCH3 is 1. The molecule has 0 saturated carbocycles. The zero-order chi connectivity index (χ0) is 20.1. The van der Waals surface area contributed by atoms with Crippen LogP contribution >= 0.6 is 0 Å². The van der Waals surface area contributed by atoms with Crippen LogP contribution in [0.2, 0.25) is 0 Å². The van der Waals surface area contributed by atoms with Gasteiger partial charge in [-0.05, 0) is 44.0 Å². The summed E-state index contributed by atoms with van der Waals surface area (Å²) in [4.78, 5) is 16.3. The Kier molecular flexibility index (Phi) is 6.95. The second-order valence-electron chi connectivity index (χ2n) is 7.70. The lowest BCUT2D eigenvalue weighted by Gasteiger charge is -2.35. The average Bonchev–Trinajstić information content (AvgIpc) is 3.02. The second kappa shape index (κ2) is 9.24. The van der Waals surface area contributed by atoms with Crippen LogP contribution < -0.4 is 9.64 Å². The number of carbonyl (C=O) groups excluding carboxylic acids is 1. The highest BCUT2D eigenvalue weighted by atomic mass is 32.2. The van der Waals surface area contributed by atoms with E-state index in [-0.39, 0.29) is 16.8 Å². The third kappa shape index (κ3) is 4.67. The Balaban J connectivity index is 1.59. The van der Waals surface area contributed by atoms with Crippen LogP contribution in [0.4, 0.5) is 0 Å². The minimum atomic E-state index is -3.51. The molecule has 28 heavy (non-hydrogen) atoms. The second-order valence-corrected chi connectivity index (χ2v) is 9.64. The van der Waals surface area contributed by atoms with Crippen LogP contribution in [0.3, 0.4) is 0 Å². The molecule has 0 aromatic heterocycles. The van der Waals surface area contributed by atoms with Crippen molar-refractivity contribution in [3.8, 4) is 5.75 Å². The van der Waals surface area contributed by atoms with E-state index in [1.807, 2.05) is 11.8 Å². The standard InChI is InChI=1S/C20H31N3O4S/c1-17(20(24)22-11-5-3-4-6-12-22)21-13-15-23(16-14-21)28(25,26)19-9-7-18(27-2)8-10-19/h7-10,17H,3-6,11-16H2,1-2H3/p+1/t17-/m0/s1. The van der Waals surface area contributed by atoms with Gasteiger partial charge in [0.15, 0.2) is 6.04 Å². The van der Waals surface area contributed by atoms with Crippen LogP contribution in [-0.4, -0.2) is 76.0 Å².